The predicted molar refractivity (Wildman–Crippen MR) is 106 cm³/mol. The van der Waals surface area contributed by atoms with E-state index in [1.807, 2.05) is 0 Å². The smallest absolute Gasteiger partial charge is 0.322 e. The van der Waals surface area contributed by atoms with Crippen molar-refractivity contribution in [2.24, 2.45) is 5.10 Å². The van der Waals surface area contributed by atoms with Crippen LogP contribution in [0.5, 0.6) is 0 Å². The lowest BCUT2D eigenvalue weighted by atomic mass is 10.2. The normalized spacial score (nSPS) is 11.4. The molecular formula is C20H14ClF3N4O. The molecule has 1 amide bonds. The first-order valence-electron chi connectivity index (χ1n) is 8.31. The van der Waals surface area contributed by atoms with Gasteiger partial charge in [0.2, 0.25) is 0 Å². The maximum atomic E-state index is 12.5. The molecule has 0 spiro atoms. The molecule has 5 nitrogen and oxygen atoms in total. The number of nitrogens with one attached hydrogen (secondary N) is 2. The fraction of sp³-hybridized carbons (Fsp3) is 0.0500. The zero-order chi connectivity index (χ0) is 20.9. The molecule has 3 aromatic rings. The number of hydrogen-bond acceptors (Lipinski definition) is 4. The molecule has 1 heterocycles. The molecule has 0 aliphatic rings. The number of pyridine rings is 1. The summed E-state index contributed by atoms with van der Waals surface area (Å²) >= 11 is 6.02. The van der Waals surface area contributed by atoms with Crippen LogP contribution in [0.1, 0.15) is 21.5 Å². The number of aromatic nitrogens is 1. The van der Waals surface area contributed by atoms with Crippen molar-refractivity contribution in [3.8, 4) is 0 Å². The maximum absolute atomic E-state index is 12.5. The van der Waals surface area contributed by atoms with Crippen LogP contribution in [0.25, 0.3) is 0 Å². The zero-order valence-corrected chi connectivity index (χ0v) is 15.5. The van der Waals surface area contributed by atoms with Gasteiger partial charge in [0.15, 0.2) is 0 Å². The van der Waals surface area contributed by atoms with Gasteiger partial charge >= 0.3 is 6.18 Å². The van der Waals surface area contributed by atoms with E-state index in [0.29, 0.717) is 21.8 Å². The van der Waals surface area contributed by atoms with Gasteiger partial charge in [0, 0.05) is 11.9 Å². The number of amides is 1. The van der Waals surface area contributed by atoms with Gasteiger partial charge in [-0.15, -0.1) is 0 Å². The molecule has 0 fully saturated rings. The van der Waals surface area contributed by atoms with Gasteiger partial charge in [-0.25, -0.2) is 4.98 Å². The molecule has 1 aromatic heterocycles. The Labute approximate surface area is 169 Å². The first kappa shape index (κ1) is 20.3. The Kier molecular flexibility index (Phi) is 6.13. The zero-order valence-electron chi connectivity index (χ0n) is 14.7. The summed E-state index contributed by atoms with van der Waals surface area (Å²) in [5.41, 5.74) is 3.25. The van der Waals surface area contributed by atoms with Crippen LogP contribution in [-0.4, -0.2) is 17.1 Å². The van der Waals surface area contributed by atoms with Gasteiger partial charge in [-0.2, -0.15) is 18.3 Å². The van der Waals surface area contributed by atoms with Gasteiger partial charge in [0.25, 0.3) is 5.91 Å². The van der Waals surface area contributed by atoms with Crippen LogP contribution in [0.2, 0.25) is 5.02 Å². The predicted octanol–water partition coefficient (Wildman–Crippen LogP) is 5.45. The number of carbonyl (C=O) groups is 1. The van der Waals surface area contributed by atoms with Gasteiger partial charge in [-0.1, -0.05) is 35.9 Å². The Morgan fingerprint density at radius 1 is 1.07 bits per heavy atom. The molecule has 9 heteroatoms. The second kappa shape index (κ2) is 8.74. The summed E-state index contributed by atoms with van der Waals surface area (Å²) < 4.78 is 37.6. The van der Waals surface area contributed by atoms with Crippen LogP contribution >= 0.6 is 11.6 Å². The van der Waals surface area contributed by atoms with Crippen molar-refractivity contribution >= 4 is 35.2 Å². The lowest BCUT2D eigenvalue weighted by molar-refractivity contribution is -0.137. The second-order valence-electron chi connectivity index (χ2n) is 5.86. The number of hydrogen-bond donors (Lipinski definition) is 2. The summed E-state index contributed by atoms with van der Waals surface area (Å²) in [7, 11) is 0. The standard InChI is InChI=1S/C20H14ClF3N4O/c21-17-7-2-1-6-16(17)19(29)27-15-5-3-4-13(10-15)11-26-28-18-9-8-14(12-25-18)20(22,23)24/h1-12H,(H,25,28)(H,27,29)/b26-11+. The molecule has 0 atom stereocenters. The fourth-order valence-corrected chi connectivity index (χ4v) is 2.56. The minimum Gasteiger partial charge on any atom is -0.322 e. The average molecular weight is 419 g/mol. The monoisotopic (exact) mass is 418 g/mol. The lowest BCUT2D eigenvalue weighted by Crippen LogP contribution is -2.12. The Balaban J connectivity index is 1.64. The number of carbonyl (C=O) groups excluding carboxylic acids is 1. The van der Waals surface area contributed by atoms with Crippen LogP contribution in [0.3, 0.4) is 0 Å². The van der Waals surface area contributed by atoms with E-state index in [2.05, 4.69) is 20.8 Å². The third kappa shape index (κ3) is 5.55. The Hall–Kier alpha value is -3.39. The van der Waals surface area contributed by atoms with E-state index in [4.69, 9.17) is 11.6 Å². The summed E-state index contributed by atoms with van der Waals surface area (Å²) in [6.45, 7) is 0. The van der Waals surface area contributed by atoms with E-state index in [9.17, 15) is 18.0 Å². The summed E-state index contributed by atoms with van der Waals surface area (Å²) in [5, 5.41) is 7.03. The molecule has 2 aromatic carbocycles. The number of anilines is 2. The molecule has 0 aliphatic carbocycles. The van der Waals surface area contributed by atoms with E-state index >= 15 is 0 Å². The van der Waals surface area contributed by atoms with Crippen LogP contribution in [0, 0.1) is 0 Å². The average Bonchev–Trinajstić information content (AvgIpc) is 2.68. The fourth-order valence-electron chi connectivity index (χ4n) is 2.34. The first-order chi connectivity index (χ1) is 13.8. The molecule has 0 saturated heterocycles. The number of alkyl halides is 3. The van der Waals surface area contributed by atoms with Gasteiger partial charge in [-0.05, 0) is 42.0 Å². The lowest BCUT2D eigenvalue weighted by Gasteiger charge is -2.07. The number of nitrogens with zero attached hydrogens (tertiary/aromatic N) is 2. The van der Waals surface area contributed by atoms with Crippen molar-refractivity contribution in [3.63, 3.8) is 0 Å². The molecule has 0 bridgehead atoms. The highest BCUT2D eigenvalue weighted by Crippen LogP contribution is 2.28. The first-order valence-corrected chi connectivity index (χ1v) is 8.69. The van der Waals surface area contributed by atoms with Crippen molar-refractivity contribution in [3.05, 3.63) is 88.6 Å². The molecule has 0 aliphatic heterocycles. The topological polar surface area (TPSA) is 66.4 Å². The second-order valence-corrected chi connectivity index (χ2v) is 6.27. The summed E-state index contributed by atoms with van der Waals surface area (Å²) in [6, 6.07) is 15.6. The van der Waals surface area contributed by atoms with Crippen molar-refractivity contribution in [2.75, 3.05) is 10.7 Å². The van der Waals surface area contributed by atoms with E-state index < -0.39 is 11.7 Å². The number of rotatable bonds is 5. The molecule has 2 N–H and O–H groups in total. The van der Waals surface area contributed by atoms with Crippen LogP contribution in [-0.2, 0) is 6.18 Å². The molecular weight excluding hydrogens is 405 g/mol. The van der Waals surface area contributed by atoms with Crippen molar-refractivity contribution < 1.29 is 18.0 Å². The molecule has 0 radical (unpaired) electrons. The van der Waals surface area contributed by atoms with Gasteiger partial charge in [0.1, 0.15) is 5.82 Å². The van der Waals surface area contributed by atoms with E-state index in [-0.39, 0.29) is 11.7 Å². The molecule has 0 saturated carbocycles. The van der Waals surface area contributed by atoms with Crippen molar-refractivity contribution in [2.45, 2.75) is 6.18 Å². The van der Waals surface area contributed by atoms with Crippen LogP contribution in [0.15, 0.2) is 72.0 Å². The van der Waals surface area contributed by atoms with Gasteiger partial charge < -0.3 is 5.32 Å². The molecule has 148 valence electrons. The Morgan fingerprint density at radius 3 is 2.55 bits per heavy atom. The van der Waals surface area contributed by atoms with Crippen LogP contribution < -0.4 is 10.7 Å². The third-order valence-electron chi connectivity index (χ3n) is 3.75. The van der Waals surface area contributed by atoms with Crippen molar-refractivity contribution in [1.29, 1.82) is 0 Å². The number of benzene rings is 2. The number of halogens is 4. The van der Waals surface area contributed by atoms with E-state index in [1.54, 1.807) is 48.5 Å². The maximum Gasteiger partial charge on any atom is 0.417 e. The van der Waals surface area contributed by atoms with Gasteiger partial charge in [0.05, 0.1) is 22.4 Å². The summed E-state index contributed by atoms with van der Waals surface area (Å²) in [5.74, 6) is -0.186. The van der Waals surface area contributed by atoms with Crippen molar-refractivity contribution in [1.82, 2.24) is 4.98 Å². The highest BCUT2D eigenvalue weighted by molar-refractivity contribution is 6.34. The van der Waals surface area contributed by atoms with Gasteiger partial charge in [-0.3, -0.25) is 10.2 Å². The summed E-state index contributed by atoms with van der Waals surface area (Å²) in [4.78, 5) is 16.0. The minimum absolute atomic E-state index is 0.164. The van der Waals surface area contributed by atoms with E-state index in [1.165, 1.54) is 12.3 Å². The third-order valence-corrected chi connectivity index (χ3v) is 4.08. The largest absolute Gasteiger partial charge is 0.417 e. The van der Waals surface area contributed by atoms with Crippen LogP contribution in [0.4, 0.5) is 24.7 Å². The minimum atomic E-state index is -4.44. The molecule has 29 heavy (non-hydrogen) atoms. The quantitative estimate of drug-likeness (QED) is 0.427. The molecule has 3 rings (SSSR count). The SMILES string of the molecule is O=C(Nc1cccc(/C=N/Nc2ccc(C(F)(F)F)cn2)c1)c1ccccc1Cl. The Morgan fingerprint density at radius 2 is 1.86 bits per heavy atom. The van der Waals surface area contributed by atoms with E-state index in [0.717, 1.165) is 12.3 Å². The Bertz CT molecular complexity index is 1040. The highest BCUT2D eigenvalue weighted by Gasteiger charge is 2.30. The summed E-state index contributed by atoms with van der Waals surface area (Å²) in [6.07, 6.45) is -2.27. The highest BCUT2D eigenvalue weighted by atomic mass is 35.5. The number of hydrazone groups is 1. The molecule has 0 unspecified atom stereocenters.